The highest BCUT2D eigenvalue weighted by molar-refractivity contribution is 6.34. The van der Waals surface area contributed by atoms with Crippen molar-refractivity contribution < 1.29 is 4.79 Å². The maximum absolute atomic E-state index is 11.4. The van der Waals surface area contributed by atoms with Gasteiger partial charge >= 0.3 is 0 Å². The zero-order valence-electron chi connectivity index (χ0n) is 10.4. The van der Waals surface area contributed by atoms with Crippen LogP contribution in [-0.2, 0) is 0 Å². The van der Waals surface area contributed by atoms with Crippen LogP contribution < -0.4 is 16.8 Å². The molecule has 1 unspecified atom stereocenters. The van der Waals surface area contributed by atoms with Gasteiger partial charge in [-0.25, -0.2) is 0 Å². The summed E-state index contributed by atoms with van der Waals surface area (Å²) in [6.45, 7) is 2.98. The third-order valence-corrected chi connectivity index (χ3v) is 3.70. The Morgan fingerprint density at radius 1 is 1.56 bits per heavy atom. The van der Waals surface area contributed by atoms with E-state index in [2.05, 4.69) is 12.2 Å². The Morgan fingerprint density at radius 3 is 2.78 bits per heavy atom. The average molecular weight is 268 g/mol. The van der Waals surface area contributed by atoms with E-state index in [1.54, 1.807) is 12.1 Å². The highest BCUT2D eigenvalue weighted by Gasteiger charge is 2.27. The normalized spacial score (nSPS) is 16.3. The van der Waals surface area contributed by atoms with Crippen molar-refractivity contribution in [1.29, 1.82) is 0 Å². The number of hydrogen-bond donors (Lipinski definition) is 3. The third-order valence-electron chi connectivity index (χ3n) is 3.41. The van der Waals surface area contributed by atoms with Crippen molar-refractivity contribution in [3.63, 3.8) is 0 Å². The molecule has 1 aromatic rings. The second-order valence-corrected chi connectivity index (χ2v) is 5.39. The maximum atomic E-state index is 11.4. The topological polar surface area (TPSA) is 81.1 Å². The maximum Gasteiger partial charge on any atom is 0.250 e. The van der Waals surface area contributed by atoms with E-state index in [9.17, 15) is 4.79 Å². The molecule has 98 valence electrons. The molecular formula is C13H18ClN3O. The van der Waals surface area contributed by atoms with Crippen LogP contribution in [0.3, 0.4) is 0 Å². The van der Waals surface area contributed by atoms with Crippen LogP contribution in [0.1, 0.15) is 30.1 Å². The summed E-state index contributed by atoms with van der Waals surface area (Å²) in [7, 11) is 0. The Labute approximate surface area is 112 Å². The van der Waals surface area contributed by atoms with Crippen LogP contribution in [-0.4, -0.2) is 12.5 Å². The van der Waals surface area contributed by atoms with Crippen molar-refractivity contribution in [3.8, 4) is 0 Å². The zero-order valence-corrected chi connectivity index (χ0v) is 11.1. The van der Waals surface area contributed by atoms with Gasteiger partial charge in [-0.1, -0.05) is 18.5 Å². The minimum atomic E-state index is -0.522. The number of nitrogens with one attached hydrogen (secondary N) is 1. The Hall–Kier alpha value is -1.42. The highest BCUT2D eigenvalue weighted by atomic mass is 35.5. The molecule has 1 amide bonds. The predicted octanol–water partition coefficient (Wildman–Crippen LogP) is 2.48. The van der Waals surface area contributed by atoms with E-state index >= 15 is 0 Å². The summed E-state index contributed by atoms with van der Waals surface area (Å²) in [6.07, 6.45) is 2.59. The number of primary amides is 1. The van der Waals surface area contributed by atoms with Gasteiger partial charge in [0.1, 0.15) is 0 Å². The van der Waals surface area contributed by atoms with Gasteiger partial charge in [0.2, 0.25) is 0 Å². The van der Waals surface area contributed by atoms with Crippen LogP contribution in [0.2, 0.25) is 5.02 Å². The smallest absolute Gasteiger partial charge is 0.250 e. The molecule has 4 nitrogen and oxygen atoms in total. The zero-order chi connectivity index (χ0) is 13.3. The number of carbonyl (C=O) groups excluding carboxylic acids is 1. The molecule has 2 rings (SSSR count). The first-order valence-electron chi connectivity index (χ1n) is 6.11. The van der Waals surface area contributed by atoms with Crippen LogP contribution in [0.15, 0.2) is 12.1 Å². The fourth-order valence-corrected chi connectivity index (χ4v) is 2.39. The first-order chi connectivity index (χ1) is 8.49. The number of rotatable bonds is 5. The molecule has 0 aromatic heterocycles. The van der Waals surface area contributed by atoms with Crippen molar-refractivity contribution in [2.45, 2.75) is 19.8 Å². The number of halogens is 1. The fourth-order valence-electron chi connectivity index (χ4n) is 2.10. The van der Waals surface area contributed by atoms with E-state index in [4.69, 9.17) is 23.1 Å². The van der Waals surface area contributed by atoms with E-state index in [1.807, 2.05) is 0 Å². The highest BCUT2D eigenvalue weighted by Crippen LogP contribution is 2.37. The molecule has 0 bridgehead atoms. The van der Waals surface area contributed by atoms with E-state index < -0.39 is 5.91 Å². The number of benzene rings is 1. The summed E-state index contributed by atoms with van der Waals surface area (Å²) in [6, 6.07) is 3.18. The molecule has 1 aliphatic rings. The molecule has 0 spiro atoms. The summed E-state index contributed by atoms with van der Waals surface area (Å²) in [4.78, 5) is 11.4. The summed E-state index contributed by atoms with van der Waals surface area (Å²) in [5.41, 5.74) is 12.4. The monoisotopic (exact) mass is 267 g/mol. The van der Waals surface area contributed by atoms with Gasteiger partial charge in [-0.2, -0.15) is 0 Å². The number of anilines is 2. The number of nitrogens with two attached hydrogens (primary N) is 2. The lowest BCUT2D eigenvalue weighted by atomic mass is 10.1. The molecule has 0 radical (unpaired) electrons. The molecule has 1 fully saturated rings. The largest absolute Gasteiger partial charge is 0.399 e. The van der Waals surface area contributed by atoms with Gasteiger partial charge < -0.3 is 16.8 Å². The molecule has 5 heteroatoms. The lowest BCUT2D eigenvalue weighted by Gasteiger charge is -2.16. The summed E-state index contributed by atoms with van der Waals surface area (Å²) in [5, 5.41) is 3.66. The fraction of sp³-hybridized carbons (Fsp3) is 0.462. The Morgan fingerprint density at radius 2 is 2.22 bits per heavy atom. The molecule has 0 saturated heterocycles. The van der Waals surface area contributed by atoms with Crippen molar-refractivity contribution >= 4 is 28.9 Å². The first-order valence-corrected chi connectivity index (χ1v) is 6.49. The molecule has 5 N–H and O–H groups in total. The van der Waals surface area contributed by atoms with Crippen LogP contribution in [0.4, 0.5) is 11.4 Å². The van der Waals surface area contributed by atoms with Gasteiger partial charge in [0.05, 0.1) is 16.3 Å². The molecule has 0 aliphatic heterocycles. The van der Waals surface area contributed by atoms with Crippen LogP contribution in [0.5, 0.6) is 0 Å². The SMILES string of the molecule is CC(CNc1c(Cl)cc(N)cc1C(N)=O)C1CC1. The lowest BCUT2D eigenvalue weighted by Crippen LogP contribution is -2.18. The summed E-state index contributed by atoms with van der Waals surface area (Å²) in [5.74, 6) is 0.840. The van der Waals surface area contributed by atoms with Gasteiger partial charge in [0.15, 0.2) is 0 Å². The molecule has 1 aliphatic carbocycles. The summed E-state index contributed by atoms with van der Waals surface area (Å²) >= 11 is 6.11. The molecule has 1 atom stereocenters. The van der Waals surface area contributed by atoms with Gasteiger partial charge in [0, 0.05) is 12.2 Å². The molecule has 1 saturated carbocycles. The van der Waals surface area contributed by atoms with Crippen molar-refractivity contribution in [3.05, 3.63) is 22.7 Å². The van der Waals surface area contributed by atoms with Crippen LogP contribution in [0.25, 0.3) is 0 Å². The van der Waals surface area contributed by atoms with Crippen molar-refractivity contribution in [1.82, 2.24) is 0 Å². The number of carbonyl (C=O) groups is 1. The van der Waals surface area contributed by atoms with E-state index in [0.717, 1.165) is 12.5 Å². The molecular weight excluding hydrogens is 250 g/mol. The minimum absolute atomic E-state index is 0.350. The van der Waals surface area contributed by atoms with E-state index in [0.29, 0.717) is 27.9 Å². The Balaban J connectivity index is 2.16. The van der Waals surface area contributed by atoms with Gasteiger partial charge in [0.25, 0.3) is 5.91 Å². The standard InChI is InChI=1S/C13H18ClN3O/c1-7(8-2-3-8)6-17-12-10(13(16)18)4-9(15)5-11(12)14/h4-5,7-8,17H,2-3,6,15H2,1H3,(H2,16,18). The van der Waals surface area contributed by atoms with Crippen molar-refractivity contribution in [2.75, 3.05) is 17.6 Å². The quantitative estimate of drug-likeness (QED) is 0.717. The first kappa shape index (κ1) is 13.0. The number of nitrogen functional groups attached to an aromatic ring is 1. The lowest BCUT2D eigenvalue weighted by molar-refractivity contribution is 0.100. The molecule has 1 aromatic carbocycles. The second-order valence-electron chi connectivity index (χ2n) is 4.99. The Kier molecular flexibility index (Phi) is 3.66. The number of amides is 1. The molecule has 0 heterocycles. The van der Waals surface area contributed by atoms with Crippen LogP contribution >= 0.6 is 11.6 Å². The summed E-state index contributed by atoms with van der Waals surface area (Å²) < 4.78 is 0. The minimum Gasteiger partial charge on any atom is -0.399 e. The third kappa shape index (κ3) is 2.88. The molecule has 18 heavy (non-hydrogen) atoms. The predicted molar refractivity (Wildman–Crippen MR) is 74.8 cm³/mol. The second kappa shape index (κ2) is 5.06. The van der Waals surface area contributed by atoms with Gasteiger partial charge in [-0.15, -0.1) is 0 Å². The van der Waals surface area contributed by atoms with Crippen LogP contribution in [0, 0.1) is 11.8 Å². The van der Waals surface area contributed by atoms with E-state index in [1.165, 1.54) is 12.8 Å². The van der Waals surface area contributed by atoms with E-state index in [-0.39, 0.29) is 0 Å². The number of hydrogen-bond acceptors (Lipinski definition) is 3. The average Bonchev–Trinajstić information content (AvgIpc) is 3.10. The van der Waals surface area contributed by atoms with Gasteiger partial charge in [-0.05, 0) is 36.8 Å². The Bertz CT molecular complexity index is 472. The van der Waals surface area contributed by atoms with Crippen molar-refractivity contribution in [2.24, 2.45) is 17.6 Å². The van der Waals surface area contributed by atoms with Gasteiger partial charge in [-0.3, -0.25) is 4.79 Å².